The van der Waals surface area contributed by atoms with Crippen LogP contribution in [0.2, 0.25) is 0 Å². The van der Waals surface area contributed by atoms with E-state index in [-0.39, 0.29) is 5.92 Å². The van der Waals surface area contributed by atoms with Crippen molar-refractivity contribution in [1.29, 1.82) is 0 Å². The van der Waals surface area contributed by atoms with E-state index in [1.165, 1.54) is 4.90 Å². The van der Waals surface area contributed by atoms with E-state index < -0.39 is 18.0 Å². The third kappa shape index (κ3) is 5.81. The number of nitrogens with zero attached hydrogens (tertiary/aromatic N) is 2. The molecule has 1 rings (SSSR count). The van der Waals surface area contributed by atoms with Gasteiger partial charge in [0.05, 0.1) is 12.2 Å². The highest BCUT2D eigenvalue weighted by Gasteiger charge is 2.22. The zero-order valence-electron chi connectivity index (χ0n) is 13.0. The van der Waals surface area contributed by atoms with Crippen molar-refractivity contribution in [3.63, 3.8) is 0 Å². The van der Waals surface area contributed by atoms with Crippen LogP contribution in [-0.4, -0.2) is 40.1 Å². The van der Waals surface area contributed by atoms with Crippen molar-refractivity contribution in [1.82, 2.24) is 15.2 Å². The molecule has 0 aromatic carbocycles. The van der Waals surface area contributed by atoms with Gasteiger partial charge >= 0.3 is 12.0 Å². The number of urea groups is 1. The van der Waals surface area contributed by atoms with Crippen molar-refractivity contribution in [3.8, 4) is 0 Å². The van der Waals surface area contributed by atoms with Crippen molar-refractivity contribution in [2.45, 2.75) is 39.8 Å². The predicted octanol–water partition coefficient (Wildman–Crippen LogP) is 2.03. The Morgan fingerprint density at radius 1 is 1.38 bits per heavy atom. The smallest absolute Gasteiger partial charge is 0.326 e. The third-order valence-electron chi connectivity index (χ3n) is 2.99. The minimum Gasteiger partial charge on any atom is -0.480 e. The fraction of sp³-hybridized carbons (Fsp3) is 0.533. The second-order valence-electron chi connectivity index (χ2n) is 5.60. The minimum atomic E-state index is -1.01. The number of aryl methyl sites for hydroxylation is 1. The number of aliphatic carboxylic acids is 1. The van der Waals surface area contributed by atoms with Crippen LogP contribution in [0.4, 0.5) is 4.79 Å². The molecule has 0 saturated heterocycles. The lowest BCUT2D eigenvalue weighted by Crippen LogP contribution is -2.47. The summed E-state index contributed by atoms with van der Waals surface area (Å²) in [5, 5.41) is 11.7. The number of nitrogens with one attached hydrogen (secondary N) is 1. The Morgan fingerprint density at radius 3 is 2.57 bits per heavy atom. The average molecular weight is 293 g/mol. The molecule has 0 spiro atoms. The summed E-state index contributed by atoms with van der Waals surface area (Å²) in [7, 11) is 1.62. The first kappa shape index (κ1) is 16.9. The number of carboxylic acid groups (broad SMARTS) is 1. The first-order valence-electron chi connectivity index (χ1n) is 6.96. The number of amides is 2. The first-order chi connectivity index (χ1) is 9.79. The van der Waals surface area contributed by atoms with Gasteiger partial charge in [-0.3, -0.25) is 4.98 Å². The van der Waals surface area contributed by atoms with Crippen molar-refractivity contribution in [3.05, 3.63) is 29.6 Å². The summed E-state index contributed by atoms with van der Waals surface area (Å²) < 4.78 is 0. The van der Waals surface area contributed by atoms with E-state index in [9.17, 15) is 9.59 Å². The molecular weight excluding hydrogens is 270 g/mol. The molecule has 1 heterocycles. The van der Waals surface area contributed by atoms with Crippen LogP contribution < -0.4 is 5.32 Å². The summed E-state index contributed by atoms with van der Waals surface area (Å²) in [4.78, 5) is 29.0. The molecular formula is C15H23N3O3. The van der Waals surface area contributed by atoms with Gasteiger partial charge in [-0.05, 0) is 31.4 Å². The highest BCUT2D eigenvalue weighted by atomic mass is 16.4. The van der Waals surface area contributed by atoms with E-state index in [1.807, 2.05) is 39.0 Å². The molecule has 116 valence electrons. The van der Waals surface area contributed by atoms with Crippen LogP contribution >= 0.6 is 0 Å². The quantitative estimate of drug-likeness (QED) is 0.840. The Balaban J connectivity index is 2.62. The van der Waals surface area contributed by atoms with Gasteiger partial charge < -0.3 is 15.3 Å². The van der Waals surface area contributed by atoms with Crippen LogP contribution in [0.15, 0.2) is 18.2 Å². The highest BCUT2D eigenvalue weighted by Crippen LogP contribution is 2.07. The van der Waals surface area contributed by atoms with E-state index >= 15 is 0 Å². The van der Waals surface area contributed by atoms with Crippen molar-refractivity contribution in [2.24, 2.45) is 5.92 Å². The van der Waals surface area contributed by atoms with E-state index in [0.29, 0.717) is 13.0 Å². The molecule has 6 heteroatoms. The molecule has 0 bridgehead atoms. The first-order valence-corrected chi connectivity index (χ1v) is 6.96. The number of carboxylic acids is 1. The van der Waals surface area contributed by atoms with Gasteiger partial charge in [0.2, 0.25) is 0 Å². The van der Waals surface area contributed by atoms with Gasteiger partial charge in [-0.2, -0.15) is 0 Å². The fourth-order valence-electron chi connectivity index (χ4n) is 1.95. The van der Waals surface area contributed by atoms with Gasteiger partial charge in [0, 0.05) is 12.7 Å². The standard InChI is InChI=1S/C15H23N3O3/c1-10(2)8-13(14(19)20)17-15(21)18(4)9-12-7-5-6-11(3)16-12/h5-7,10,13H,8-9H2,1-4H3,(H,17,21)(H,19,20). The molecule has 0 saturated carbocycles. The van der Waals surface area contributed by atoms with Crippen molar-refractivity contribution in [2.75, 3.05) is 7.05 Å². The molecule has 0 radical (unpaired) electrons. The molecule has 0 aliphatic carbocycles. The maximum absolute atomic E-state index is 12.1. The molecule has 1 aromatic heterocycles. The number of carbonyl (C=O) groups excluding carboxylic acids is 1. The fourth-order valence-corrected chi connectivity index (χ4v) is 1.95. The Hall–Kier alpha value is -2.11. The lowest BCUT2D eigenvalue weighted by molar-refractivity contribution is -0.139. The second kappa shape index (κ2) is 7.61. The van der Waals surface area contributed by atoms with Crippen molar-refractivity contribution >= 4 is 12.0 Å². The normalized spacial score (nSPS) is 12.0. The third-order valence-corrected chi connectivity index (χ3v) is 2.99. The summed E-state index contributed by atoms with van der Waals surface area (Å²) >= 11 is 0. The van der Waals surface area contributed by atoms with Gasteiger partial charge in [0.1, 0.15) is 6.04 Å². The number of rotatable bonds is 6. The monoisotopic (exact) mass is 293 g/mol. The molecule has 1 aromatic rings. The van der Waals surface area contributed by atoms with Crippen molar-refractivity contribution < 1.29 is 14.7 Å². The van der Waals surface area contributed by atoms with Crippen LogP contribution in [-0.2, 0) is 11.3 Å². The van der Waals surface area contributed by atoms with Gasteiger partial charge in [0.25, 0.3) is 0 Å². The summed E-state index contributed by atoms with van der Waals surface area (Å²) in [6.07, 6.45) is 0.400. The number of carbonyl (C=O) groups is 2. The SMILES string of the molecule is Cc1cccc(CN(C)C(=O)NC(CC(C)C)C(=O)O)n1. The largest absolute Gasteiger partial charge is 0.480 e. The summed E-state index contributed by atoms with van der Waals surface area (Å²) in [6.45, 7) is 6.05. The molecule has 2 N–H and O–H groups in total. The topological polar surface area (TPSA) is 82.5 Å². The maximum atomic E-state index is 12.1. The molecule has 21 heavy (non-hydrogen) atoms. The highest BCUT2D eigenvalue weighted by molar-refractivity contribution is 5.82. The number of aromatic nitrogens is 1. The Labute approximate surface area is 125 Å². The molecule has 1 atom stereocenters. The lowest BCUT2D eigenvalue weighted by atomic mass is 10.0. The average Bonchev–Trinajstić information content (AvgIpc) is 2.37. The number of hydrogen-bond donors (Lipinski definition) is 2. The molecule has 0 aliphatic heterocycles. The van der Waals surface area contributed by atoms with Crippen LogP contribution in [0.25, 0.3) is 0 Å². The second-order valence-corrected chi connectivity index (χ2v) is 5.60. The van der Waals surface area contributed by atoms with Gasteiger partial charge in [0.15, 0.2) is 0 Å². The summed E-state index contributed by atoms with van der Waals surface area (Å²) in [5.41, 5.74) is 1.65. The molecule has 1 unspecified atom stereocenters. The van der Waals surface area contributed by atoms with E-state index in [2.05, 4.69) is 10.3 Å². The van der Waals surface area contributed by atoms with Gasteiger partial charge in [-0.15, -0.1) is 0 Å². The summed E-state index contributed by atoms with van der Waals surface area (Å²) in [6, 6.07) is 4.31. The minimum absolute atomic E-state index is 0.190. The Morgan fingerprint density at radius 2 is 2.05 bits per heavy atom. The van der Waals surface area contributed by atoms with E-state index in [4.69, 9.17) is 5.11 Å². The van der Waals surface area contributed by atoms with E-state index in [0.717, 1.165) is 11.4 Å². The van der Waals surface area contributed by atoms with Gasteiger partial charge in [-0.25, -0.2) is 9.59 Å². The Kier molecular flexibility index (Phi) is 6.14. The Bertz CT molecular complexity index is 503. The van der Waals surface area contributed by atoms with E-state index in [1.54, 1.807) is 7.05 Å². The van der Waals surface area contributed by atoms with Gasteiger partial charge in [-0.1, -0.05) is 19.9 Å². The zero-order chi connectivity index (χ0) is 16.0. The van der Waals surface area contributed by atoms with Crippen LogP contribution in [0, 0.1) is 12.8 Å². The lowest BCUT2D eigenvalue weighted by Gasteiger charge is -2.22. The molecule has 0 aliphatic rings. The maximum Gasteiger partial charge on any atom is 0.326 e. The molecule has 6 nitrogen and oxygen atoms in total. The summed E-state index contributed by atoms with van der Waals surface area (Å²) in [5.74, 6) is -0.825. The number of hydrogen-bond acceptors (Lipinski definition) is 3. The molecule has 2 amide bonds. The molecule has 0 fully saturated rings. The van der Waals surface area contributed by atoms with Crippen LogP contribution in [0.5, 0.6) is 0 Å². The van der Waals surface area contributed by atoms with Crippen LogP contribution in [0.3, 0.4) is 0 Å². The predicted molar refractivity (Wildman–Crippen MR) is 79.9 cm³/mol. The zero-order valence-corrected chi connectivity index (χ0v) is 13.0. The number of pyridine rings is 1. The van der Waals surface area contributed by atoms with Crippen LogP contribution in [0.1, 0.15) is 31.7 Å².